The van der Waals surface area contributed by atoms with Crippen molar-refractivity contribution in [1.82, 2.24) is 0 Å². The summed E-state index contributed by atoms with van der Waals surface area (Å²) in [6.45, 7) is 0. The SMILES string of the molecule is N#Cc1ccc(Oc2ccc([N+](=O)[O-])c(CCl)c2)c(F)c1. The van der Waals surface area contributed by atoms with Crippen LogP contribution in [0.3, 0.4) is 0 Å². The highest BCUT2D eigenvalue weighted by Gasteiger charge is 2.15. The molecule has 0 saturated carbocycles. The average molecular weight is 307 g/mol. The lowest BCUT2D eigenvalue weighted by atomic mass is 10.2. The molecule has 0 radical (unpaired) electrons. The molecule has 0 aliphatic heterocycles. The van der Waals surface area contributed by atoms with Gasteiger partial charge in [-0.15, -0.1) is 11.6 Å². The predicted molar refractivity (Wildman–Crippen MR) is 73.8 cm³/mol. The quantitative estimate of drug-likeness (QED) is 0.483. The number of hydrogen-bond donors (Lipinski definition) is 0. The van der Waals surface area contributed by atoms with Gasteiger partial charge in [-0.2, -0.15) is 5.26 Å². The van der Waals surface area contributed by atoms with Crippen molar-refractivity contribution in [2.24, 2.45) is 0 Å². The lowest BCUT2D eigenvalue weighted by Crippen LogP contribution is -1.95. The molecule has 2 rings (SSSR count). The third kappa shape index (κ3) is 3.27. The first-order valence-electron chi connectivity index (χ1n) is 5.76. The van der Waals surface area contributed by atoms with Gasteiger partial charge in [-0.25, -0.2) is 4.39 Å². The highest BCUT2D eigenvalue weighted by atomic mass is 35.5. The maximum absolute atomic E-state index is 13.7. The number of benzene rings is 2. The molecular formula is C14H8ClFN2O3. The normalized spacial score (nSPS) is 9.95. The van der Waals surface area contributed by atoms with Crippen LogP contribution in [-0.2, 0) is 5.88 Å². The minimum Gasteiger partial charge on any atom is -0.454 e. The van der Waals surface area contributed by atoms with Crippen LogP contribution < -0.4 is 4.74 Å². The van der Waals surface area contributed by atoms with Gasteiger partial charge in [-0.05, 0) is 30.3 Å². The van der Waals surface area contributed by atoms with Crippen molar-refractivity contribution in [1.29, 1.82) is 5.26 Å². The van der Waals surface area contributed by atoms with E-state index in [4.69, 9.17) is 21.6 Å². The summed E-state index contributed by atoms with van der Waals surface area (Å²) in [5, 5.41) is 19.4. The number of alkyl halides is 1. The zero-order chi connectivity index (χ0) is 15.4. The molecule has 2 aromatic rings. The van der Waals surface area contributed by atoms with E-state index in [2.05, 4.69) is 0 Å². The highest BCUT2D eigenvalue weighted by molar-refractivity contribution is 6.17. The zero-order valence-electron chi connectivity index (χ0n) is 10.5. The second-order valence-corrected chi connectivity index (χ2v) is 4.31. The Kier molecular flexibility index (Phi) is 4.36. The van der Waals surface area contributed by atoms with E-state index < -0.39 is 10.7 Å². The summed E-state index contributed by atoms with van der Waals surface area (Å²) >= 11 is 5.65. The summed E-state index contributed by atoms with van der Waals surface area (Å²) in [6.07, 6.45) is 0. The molecule has 0 spiro atoms. The Morgan fingerprint density at radius 2 is 2.10 bits per heavy atom. The van der Waals surface area contributed by atoms with E-state index in [-0.39, 0.29) is 34.2 Å². The summed E-state index contributed by atoms with van der Waals surface area (Å²) in [5.74, 6) is -0.619. The number of nitrogens with zero attached hydrogens (tertiary/aromatic N) is 2. The number of nitro benzene ring substituents is 1. The summed E-state index contributed by atoms with van der Waals surface area (Å²) < 4.78 is 19.0. The Bertz CT molecular complexity index is 743. The van der Waals surface area contributed by atoms with Crippen molar-refractivity contribution < 1.29 is 14.1 Å². The van der Waals surface area contributed by atoms with E-state index in [1.807, 2.05) is 6.07 Å². The topological polar surface area (TPSA) is 76.2 Å². The van der Waals surface area contributed by atoms with Crippen LogP contribution in [-0.4, -0.2) is 4.92 Å². The van der Waals surface area contributed by atoms with Crippen LogP contribution in [0.1, 0.15) is 11.1 Å². The Balaban J connectivity index is 2.32. The fourth-order valence-electron chi connectivity index (χ4n) is 1.69. The van der Waals surface area contributed by atoms with Gasteiger partial charge in [0.05, 0.1) is 22.4 Å². The lowest BCUT2D eigenvalue weighted by molar-refractivity contribution is -0.385. The number of ether oxygens (including phenoxy) is 1. The molecule has 0 bridgehead atoms. The molecule has 0 aliphatic rings. The smallest absolute Gasteiger partial charge is 0.274 e. The standard InChI is InChI=1S/C14H8ClFN2O3/c15-7-10-6-11(2-3-13(10)18(19)20)21-14-4-1-9(8-17)5-12(14)16/h1-6H,7H2. The van der Waals surface area contributed by atoms with Crippen LogP contribution in [0, 0.1) is 27.3 Å². The fourth-order valence-corrected chi connectivity index (χ4v) is 1.90. The number of hydrogen-bond acceptors (Lipinski definition) is 4. The predicted octanol–water partition coefficient (Wildman–Crippen LogP) is 4.14. The molecule has 21 heavy (non-hydrogen) atoms. The third-order valence-electron chi connectivity index (χ3n) is 2.68. The van der Waals surface area contributed by atoms with Crippen LogP contribution in [0.25, 0.3) is 0 Å². The van der Waals surface area contributed by atoms with E-state index in [1.165, 1.54) is 30.3 Å². The van der Waals surface area contributed by atoms with Gasteiger partial charge in [0.2, 0.25) is 0 Å². The molecule has 0 heterocycles. The van der Waals surface area contributed by atoms with Crippen LogP contribution >= 0.6 is 11.6 Å². The third-order valence-corrected chi connectivity index (χ3v) is 2.97. The average Bonchev–Trinajstić information content (AvgIpc) is 2.48. The van der Waals surface area contributed by atoms with Crippen LogP contribution in [0.2, 0.25) is 0 Å². The summed E-state index contributed by atoms with van der Waals surface area (Å²) in [4.78, 5) is 10.2. The van der Waals surface area contributed by atoms with Crippen molar-refractivity contribution in [2.75, 3.05) is 0 Å². The van der Waals surface area contributed by atoms with Gasteiger partial charge in [-0.1, -0.05) is 0 Å². The lowest BCUT2D eigenvalue weighted by Gasteiger charge is -2.08. The van der Waals surface area contributed by atoms with Gasteiger partial charge in [0.1, 0.15) is 5.75 Å². The summed E-state index contributed by atoms with van der Waals surface area (Å²) in [6, 6.07) is 9.55. The molecule has 106 valence electrons. The van der Waals surface area contributed by atoms with Crippen molar-refractivity contribution in [3.8, 4) is 17.6 Å². The first-order valence-corrected chi connectivity index (χ1v) is 6.29. The van der Waals surface area contributed by atoms with Crippen LogP contribution in [0.4, 0.5) is 10.1 Å². The number of nitriles is 1. The van der Waals surface area contributed by atoms with E-state index in [1.54, 1.807) is 0 Å². The van der Waals surface area contributed by atoms with Crippen LogP contribution in [0.5, 0.6) is 11.5 Å². The van der Waals surface area contributed by atoms with E-state index >= 15 is 0 Å². The minimum absolute atomic E-state index is 0.0661. The molecular weight excluding hydrogens is 299 g/mol. The van der Waals surface area contributed by atoms with E-state index in [0.717, 1.165) is 6.07 Å². The summed E-state index contributed by atoms with van der Waals surface area (Å²) in [7, 11) is 0. The monoisotopic (exact) mass is 306 g/mol. The molecule has 7 heteroatoms. The molecule has 5 nitrogen and oxygen atoms in total. The highest BCUT2D eigenvalue weighted by Crippen LogP contribution is 2.30. The number of halogens is 2. The Morgan fingerprint density at radius 3 is 2.67 bits per heavy atom. The van der Waals surface area contributed by atoms with Crippen molar-refractivity contribution >= 4 is 17.3 Å². The van der Waals surface area contributed by atoms with Crippen molar-refractivity contribution in [3.63, 3.8) is 0 Å². The van der Waals surface area contributed by atoms with Gasteiger partial charge in [0.25, 0.3) is 5.69 Å². The largest absolute Gasteiger partial charge is 0.454 e. The summed E-state index contributed by atoms with van der Waals surface area (Å²) in [5.41, 5.74) is 0.316. The molecule has 0 N–H and O–H groups in total. The Hall–Kier alpha value is -2.65. The first-order chi connectivity index (χ1) is 10.0. The molecule has 0 aromatic heterocycles. The second-order valence-electron chi connectivity index (χ2n) is 4.04. The molecule has 0 amide bonds. The van der Waals surface area contributed by atoms with Crippen molar-refractivity contribution in [2.45, 2.75) is 5.88 Å². The molecule has 0 atom stereocenters. The van der Waals surface area contributed by atoms with Crippen LogP contribution in [0.15, 0.2) is 36.4 Å². The van der Waals surface area contributed by atoms with Gasteiger partial charge < -0.3 is 4.74 Å². The first kappa shape index (κ1) is 14.8. The Morgan fingerprint density at radius 1 is 1.33 bits per heavy atom. The van der Waals surface area contributed by atoms with Gasteiger partial charge in [0.15, 0.2) is 11.6 Å². The minimum atomic E-state index is -0.695. The Labute approximate surface area is 124 Å². The van der Waals surface area contributed by atoms with Gasteiger partial charge in [0, 0.05) is 11.6 Å². The molecule has 0 saturated heterocycles. The maximum atomic E-state index is 13.7. The fraction of sp³-hybridized carbons (Fsp3) is 0.0714. The molecule has 0 unspecified atom stereocenters. The van der Waals surface area contributed by atoms with Gasteiger partial charge >= 0.3 is 0 Å². The second kappa shape index (κ2) is 6.20. The number of rotatable bonds is 4. The molecule has 0 fully saturated rings. The maximum Gasteiger partial charge on any atom is 0.274 e. The molecule has 2 aromatic carbocycles. The van der Waals surface area contributed by atoms with Gasteiger partial charge in [-0.3, -0.25) is 10.1 Å². The van der Waals surface area contributed by atoms with E-state index in [0.29, 0.717) is 0 Å². The number of nitro groups is 1. The van der Waals surface area contributed by atoms with Crippen molar-refractivity contribution in [3.05, 3.63) is 63.5 Å². The molecule has 0 aliphatic carbocycles. The zero-order valence-corrected chi connectivity index (χ0v) is 11.3. The van der Waals surface area contributed by atoms with E-state index in [9.17, 15) is 14.5 Å².